The van der Waals surface area contributed by atoms with Crippen LogP contribution < -0.4 is 11.1 Å². The first-order valence-corrected chi connectivity index (χ1v) is 10.1. The Morgan fingerprint density at radius 2 is 2.00 bits per heavy atom. The summed E-state index contributed by atoms with van der Waals surface area (Å²) in [5.74, 6) is -0.620. The summed E-state index contributed by atoms with van der Waals surface area (Å²) in [4.78, 5) is 21.5. The minimum atomic E-state index is -0.312. The number of H-pyrrole nitrogens is 1. The normalized spacial score (nSPS) is 15.5. The number of nitrogens with zero attached hydrogens (tertiary/aromatic N) is 3. The van der Waals surface area contributed by atoms with E-state index in [9.17, 15) is 9.18 Å². The van der Waals surface area contributed by atoms with Crippen LogP contribution in [0.1, 0.15) is 16.1 Å². The van der Waals surface area contributed by atoms with Crippen molar-refractivity contribution < 1.29 is 9.18 Å². The molecule has 2 aromatic carbocycles. The number of hydrogen-bond donors (Lipinski definition) is 3. The third kappa shape index (κ3) is 3.85. The zero-order valence-corrected chi connectivity index (χ0v) is 16.9. The Bertz CT molecular complexity index is 1390. The number of allylic oxidation sites excluding steroid dienone is 1. The number of nitrogens with one attached hydrogen (secondary N) is 2. The van der Waals surface area contributed by atoms with Gasteiger partial charge in [-0.3, -0.25) is 19.9 Å². The van der Waals surface area contributed by atoms with Gasteiger partial charge in [0.25, 0.3) is 5.91 Å². The molecule has 158 valence electrons. The molecule has 0 bridgehead atoms. The minimum Gasteiger partial charge on any atom is -0.397 e. The number of aromatic nitrogens is 3. The topological polar surface area (TPSA) is 109 Å². The van der Waals surface area contributed by atoms with Crippen LogP contribution in [0.2, 0.25) is 0 Å². The number of halogens is 1. The number of hydrogen-bond acceptors (Lipinski definition) is 5. The number of nitrogen functional groups attached to an aromatic ring is 1. The van der Waals surface area contributed by atoms with Gasteiger partial charge in [0.2, 0.25) is 0 Å². The van der Waals surface area contributed by atoms with E-state index < -0.39 is 0 Å². The Morgan fingerprint density at radius 3 is 2.78 bits per heavy atom. The highest BCUT2D eigenvalue weighted by molar-refractivity contribution is 6.09. The van der Waals surface area contributed by atoms with Crippen molar-refractivity contribution in [1.82, 2.24) is 20.5 Å². The van der Waals surface area contributed by atoms with E-state index in [1.807, 2.05) is 30.3 Å². The first kappa shape index (κ1) is 19.6. The maximum Gasteiger partial charge on any atom is 0.272 e. The van der Waals surface area contributed by atoms with Gasteiger partial charge in [0.1, 0.15) is 5.82 Å². The number of rotatable bonds is 4. The molecular formula is C24H19FN6O. The first-order valence-electron chi connectivity index (χ1n) is 10.1. The van der Waals surface area contributed by atoms with Crippen molar-refractivity contribution >= 4 is 28.2 Å². The maximum atomic E-state index is 13.5. The number of benzene rings is 2. The zero-order valence-electron chi connectivity index (χ0n) is 16.9. The monoisotopic (exact) mass is 426 g/mol. The number of fused-ring (bicyclic) bond motifs is 1. The predicted molar refractivity (Wildman–Crippen MR) is 122 cm³/mol. The van der Waals surface area contributed by atoms with Crippen LogP contribution >= 0.6 is 0 Å². The van der Waals surface area contributed by atoms with Crippen LogP contribution in [0.3, 0.4) is 0 Å². The fourth-order valence-corrected chi connectivity index (χ4v) is 3.67. The fourth-order valence-electron chi connectivity index (χ4n) is 3.67. The van der Waals surface area contributed by atoms with Gasteiger partial charge in [0.15, 0.2) is 5.69 Å². The molecule has 32 heavy (non-hydrogen) atoms. The average molecular weight is 426 g/mol. The molecule has 4 aromatic rings. The van der Waals surface area contributed by atoms with E-state index >= 15 is 0 Å². The lowest BCUT2D eigenvalue weighted by molar-refractivity contribution is 0.0942. The Labute approximate surface area is 182 Å². The second-order valence-electron chi connectivity index (χ2n) is 7.51. The molecule has 1 atom stereocenters. The van der Waals surface area contributed by atoms with Crippen LogP contribution in [0.4, 0.5) is 10.1 Å². The second kappa shape index (κ2) is 8.07. The number of aromatic amines is 1. The van der Waals surface area contributed by atoms with Crippen molar-refractivity contribution in [2.75, 3.05) is 12.3 Å². The van der Waals surface area contributed by atoms with E-state index in [2.05, 4.69) is 25.5 Å². The quantitative estimate of drug-likeness (QED) is 0.464. The molecule has 0 saturated heterocycles. The number of pyridine rings is 1. The minimum absolute atomic E-state index is 0.284. The van der Waals surface area contributed by atoms with Gasteiger partial charge in [0, 0.05) is 28.9 Å². The molecule has 4 N–H and O–H groups in total. The van der Waals surface area contributed by atoms with E-state index in [1.54, 1.807) is 30.6 Å². The SMILES string of the molecule is Nc1cncc(-c2ccc3[nH]nc(C(=O)NC4C=CC(c5cccc(F)c5)=NC4)c3c2)c1. The van der Waals surface area contributed by atoms with Gasteiger partial charge in [-0.2, -0.15) is 5.10 Å². The number of dihydropyridines is 1. The zero-order chi connectivity index (χ0) is 22.1. The Balaban J connectivity index is 1.34. The lowest BCUT2D eigenvalue weighted by atomic mass is 10.0. The molecule has 5 rings (SSSR count). The molecule has 0 radical (unpaired) electrons. The van der Waals surface area contributed by atoms with Crippen LogP contribution in [0.15, 0.2) is 78.1 Å². The number of anilines is 1. The summed E-state index contributed by atoms with van der Waals surface area (Å²) in [7, 11) is 0. The van der Waals surface area contributed by atoms with Gasteiger partial charge in [-0.25, -0.2) is 4.39 Å². The van der Waals surface area contributed by atoms with E-state index in [4.69, 9.17) is 5.73 Å². The highest BCUT2D eigenvalue weighted by Gasteiger charge is 2.19. The third-order valence-corrected chi connectivity index (χ3v) is 5.25. The van der Waals surface area contributed by atoms with Crippen LogP contribution in [0.25, 0.3) is 22.0 Å². The van der Waals surface area contributed by atoms with Crippen LogP contribution in [-0.2, 0) is 0 Å². The van der Waals surface area contributed by atoms with Gasteiger partial charge in [-0.15, -0.1) is 0 Å². The van der Waals surface area contributed by atoms with E-state index in [0.717, 1.165) is 16.6 Å². The molecule has 0 fully saturated rings. The number of amides is 1. The van der Waals surface area contributed by atoms with Crippen molar-refractivity contribution in [1.29, 1.82) is 0 Å². The lowest BCUT2D eigenvalue weighted by Gasteiger charge is -2.17. The van der Waals surface area contributed by atoms with Crippen molar-refractivity contribution in [2.24, 2.45) is 4.99 Å². The smallest absolute Gasteiger partial charge is 0.272 e. The van der Waals surface area contributed by atoms with Crippen molar-refractivity contribution in [3.63, 3.8) is 0 Å². The summed E-state index contributed by atoms with van der Waals surface area (Å²) in [5.41, 5.74) is 10.6. The Kier molecular flexibility index (Phi) is 4.95. The highest BCUT2D eigenvalue weighted by atomic mass is 19.1. The summed E-state index contributed by atoms with van der Waals surface area (Å²) in [6.07, 6.45) is 6.94. The van der Waals surface area contributed by atoms with Gasteiger partial charge in [-0.05, 0) is 42.0 Å². The van der Waals surface area contributed by atoms with Crippen LogP contribution in [0.5, 0.6) is 0 Å². The van der Waals surface area contributed by atoms with Crippen molar-refractivity contribution in [3.05, 3.63) is 90.2 Å². The Hall–Kier alpha value is -4.33. The molecular weight excluding hydrogens is 407 g/mol. The number of aliphatic imine (C=N–C) groups is 1. The number of carbonyl (C=O) groups excluding carboxylic acids is 1. The van der Waals surface area contributed by atoms with E-state index in [0.29, 0.717) is 34.6 Å². The lowest BCUT2D eigenvalue weighted by Crippen LogP contribution is -2.37. The molecule has 7 nitrogen and oxygen atoms in total. The predicted octanol–water partition coefficient (Wildman–Crippen LogP) is 3.50. The summed E-state index contributed by atoms with van der Waals surface area (Å²) >= 11 is 0. The number of nitrogens with two attached hydrogens (primary N) is 1. The molecule has 1 aliphatic rings. The first-order chi connectivity index (χ1) is 15.6. The Morgan fingerprint density at radius 1 is 1.09 bits per heavy atom. The standard InChI is InChI=1S/C24H19FN6O/c25-17-3-1-2-15(8-17)21-7-5-19(13-28-21)29-24(32)23-20-10-14(4-6-22(20)30-31-23)16-9-18(26)12-27-11-16/h1-12,19H,13,26H2,(H,29,32)(H,30,31). The largest absolute Gasteiger partial charge is 0.397 e. The molecule has 1 aliphatic heterocycles. The molecule has 3 heterocycles. The molecule has 0 aliphatic carbocycles. The van der Waals surface area contributed by atoms with Crippen molar-refractivity contribution in [2.45, 2.75) is 6.04 Å². The third-order valence-electron chi connectivity index (χ3n) is 5.25. The summed E-state index contributed by atoms with van der Waals surface area (Å²) < 4.78 is 13.5. The van der Waals surface area contributed by atoms with Gasteiger partial charge < -0.3 is 11.1 Å². The average Bonchev–Trinajstić information content (AvgIpc) is 3.23. The molecule has 0 saturated carbocycles. The van der Waals surface area contributed by atoms with E-state index in [-0.39, 0.29) is 17.8 Å². The molecule has 2 aromatic heterocycles. The van der Waals surface area contributed by atoms with Crippen LogP contribution in [-0.4, -0.2) is 39.4 Å². The highest BCUT2D eigenvalue weighted by Crippen LogP contribution is 2.26. The molecule has 8 heteroatoms. The summed E-state index contributed by atoms with van der Waals surface area (Å²) in [5, 5.41) is 10.7. The summed E-state index contributed by atoms with van der Waals surface area (Å²) in [6.45, 7) is 0.358. The van der Waals surface area contributed by atoms with E-state index in [1.165, 1.54) is 12.1 Å². The second-order valence-corrected chi connectivity index (χ2v) is 7.51. The van der Waals surface area contributed by atoms with Crippen LogP contribution in [0, 0.1) is 5.82 Å². The number of carbonyl (C=O) groups is 1. The molecule has 1 unspecified atom stereocenters. The molecule has 0 spiro atoms. The fraction of sp³-hybridized carbons (Fsp3) is 0.0833. The van der Waals surface area contributed by atoms with Gasteiger partial charge in [0.05, 0.1) is 29.5 Å². The van der Waals surface area contributed by atoms with Gasteiger partial charge in [-0.1, -0.05) is 24.3 Å². The summed E-state index contributed by atoms with van der Waals surface area (Å²) in [6, 6.07) is 13.5. The van der Waals surface area contributed by atoms with Crippen molar-refractivity contribution in [3.8, 4) is 11.1 Å². The van der Waals surface area contributed by atoms with Gasteiger partial charge >= 0.3 is 0 Å². The molecule has 1 amide bonds. The maximum absolute atomic E-state index is 13.5.